The normalized spacial score (nSPS) is 19.2. The number of pyridine rings is 1. The molecule has 1 aliphatic carbocycles. The molecule has 2 N–H and O–H groups in total. The van der Waals surface area contributed by atoms with Crippen LogP contribution in [0.3, 0.4) is 0 Å². The Hall–Kier alpha value is -2.42. The van der Waals surface area contributed by atoms with Crippen LogP contribution in [0.2, 0.25) is 0 Å². The number of benzene rings is 1. The molecule has 0 saturated heterocycles. The first-order chi connectivity index (χ1) is 14.1. The number of aliphatic hydroxyl groups excluding tert-OH is 1. The monoisotopic (exact) mass is 412 g/mol. The molecule has 5 rings (SSSR count). The molecule has 0 bridgehead atoms. The van der Waals surface area contributed by atoms with E-state index >= 15 is 0 Å². The predicted octanol–water partition coefficient (Wildman–Crippen LogP) is 3.31. The summed E-state index contributed by atoms with van der Waals surface area (Å²) in [5.41, 5.74) is 5.46. The van der Waals surface area contributed by atoms with Crippen LogP contribution in [0.5, 0.6) is 0 Å². The molecule has 1 aromatic carbocycles. The van der Waals surface area contributed by atoms with E-state index in [9.17, 15) is 13.5 Å². The molecule has 0 spiro atoms. The van der Waals surface area contributed by atoms with Crippen molar-refractivity contribution in [2.24, 2.45) is 5.92 Å². The molecule has 8 heteroatoms. The number of hydrogen-bond acceptors (Lipinski definition) is 6. The van der Waals surface area contributed by atoms with Crippen LogP contribution in [0.15, 0.2) is 53.7 Å². The van der Waals surface area contributed by atoms with E-state index in [0.29, 0.717) is 12.2 Å². The van der Waals surface area contributed by atoms with Crippen molar-refractivity contribution in [2.75, 3.05) is 5.43 Å². The largest absolute Gasteiger partial charge is 0.376 e. The molecule has 3 aromatic rings. The fourth-order valence-corrected chi connectivity index (χ4v) is 5.82. The standard InChI is InChI=1S/C21H24N4O3S/c26-21(15-7-3-1-4-8-15)24-14-18-17-11-12-25(20(17)22-13-19(18)23-24)29(27,28)16-9-5-2-6-10-16/h2,5-6,9-13,15,21,23,26H,1,3-4,7-8,14H2. The van der Waals surface area contributed by atoms with Gasteiger partial charge in [0.25, 0.3) is 10.0 Å². The number of anilines is 1. The zero-order valence-corrected chi connectivity index (χ0v) is 16.8. The van der Waals surface area contributed by atoms with E-state index in [1.54, 1.807) is 48.8 Å². The van der Waals surface area contributed by atoms with Crippen LogP contribution >= 0.6 is 0 Å². The third-order valence-electron chi connectivity index (χ3n) is 6.08. The van der Waals surface area contributed by atoms with E-state index in [1.165, 1.54) is 10.4 Å². The topological polar surface area (TPSA) is 87.5 Å². The highest BCUT2D eigenvalue weighted by Gasteiger charge is 2.33. The molecule has 1 atom stereocenters. The van der Waals surface area contributed by atoms with Gasteiger partial charge in [0.2, 0.25) is 0 Å². The average Bonchev–Trinajstić information content (AvgIpc) is 3.38. The zero-order chi connectivity index (χ0) is 20.0. The Labute approximate surface area is 170 Å². The lowest BCUT2D eigenvalue weighted by atomic mass is 9.88. The molecular weight excluding hydrogens is 388 g/mol. The van der Waals surface area contributed by atoms with Gasteiger partial charge >= 0.3 is 0 Å². The van der Waals surface area contributed by atoms with E-state index in [4.69, 9.17) is 0 Å². The summed E-state index contributed by atoms with van der Waals surface area (Å²) in [5, 5.41) is 13.5. The Bertz CT molecular complexity index is 1140. The lowest BCUT2D eigenvalue weighted by Gasteiger charge is -2.32. The van der Waals surface area contributed by atoms with E-state index in [-0.39, 0.29) is 10.8 Å². The SMILES string of the molecule is O=S(=O)(c1ccccc1)n1ccc2c3c(cnc21)NN(C(O)C1CCCCC1)C3. The van der Waals surface area contributed by atoms with Gasteiger partial charge in [0, 0.05) is 29.6 Å². The molecule has 29 heavy (non-hydrogen) atoms. The lowest BCUT2D eigenvalue weighted by Crippen LogP contribution is -2.41. The molecule has 1 saturated carbocycles. The number of nitrogens with zero attached hydrogens (tertiary/aromatic N) is 3. The second-order valence-electron chi connectivity index (χ2n) is 7.87. The smallest absolute Gasteiger partial charge is 0.269 e. The minimum atomic E-state index is -3.72. The molecule has 0 radical (unpaired) electrons. The molecule has 2 aromatic heterocycles. The van der Waals surface area contributed by atoms with Crippen LogP contribution in [0.1, 0.15) is 37.7 Å². The molecule has 1 aliphatic heterocycles. The van der Waals surface area contributed by atoms with E-state index in [1.807, 2.05) is 5.01 Å². The highest BCUT2D eigenvalue weighted by molar-refractivity contribution is 7.90. The molecule has 1 unspecified atom stereocenters. The van der Waals surface area contributed by atoms with E-state index in [0.717, 1.165) is 42.3 Å². The third kappa shape index (κ3) is 3.11. The third-order valence-corrected chi connectivity index (χ3v) is 7.76. The number of aromatic nitrogens is 2. The van der Waals surface area contributed by atoms with Crippen molar-refractivity contribution in [3.05, 3.63) is 54.4 Å². The Balaban J connectivity index is 1.48. The summed E-state index contributed by atoms with van der Waals surface area (Å²) >= 11 is 0. The van der Waals surface area contributed by atoms with Crippen molar-refractivity contribution in [2.45, 2.75) is 49.8 Å². The van der Waals surface area contributed by atoms with Crippen LogP contribution < -0.4 is 5.43 Å². The van der Waals surface area contributed by atoms with Crippen LogP contribution in [0.25, 0.3) is 11.0 Å². The lowest BCUT2D eigenvalue weighted by molar-refractivity contribution is -0.0369. The van der Waals surface area contributed by atoms with Gasteiger partial charge in [0.05, 0.1) is 16.8 Å². The summed E-state index contributed by atoms with van der Waals surface area (Å²) < 4.78 is 27.3. The molecule has 0 amide bonds. The van der Waals surface area contributed by atoms with Crippen molar-refractivity contribution < 1.29 is 13.5 Å². The fraction of sp³-hybridized carbons (Fsp3) is 0.381. The molecule has 7 nitrogen and oxygen atoms in total. The summed E-state index contributed by atoms with van der Waals surface area (Å²) in [7, 11) is -3.72. The van der Waals surface area contributed by atoms with Gasteiger partial charge in [-0.3, -0.25) is 0 Å². The van der Waals surface area contributed by atoms with E-state index in [2.05, 4.69) is 10.4 Å². The van der Waals surface area contributed by atoms with Crippen molar-refractivity contribution in [3.63, 3.8) is 0 Å². The number of hydrogen-bond donors (Lipinski definition) is 2. The number of nitrogens with one attached hydrogen (secondary N) is 1. The fourth-order valence-electron chi connectivity index (χ4n) is 4.49. The summed E-state index contributed by atoms with van der Waals surface area (Å²) in [6.45, 7) is 0.515. The second kappa shape index (κ2) is 7.12. The molecular formula is C21H24N4O3S. The highest BCUT2D eigenvalue weighted by atomic mass is 32.2. The van der Waals surface area contributed by atoms with Gasteiger partial charge in [-0.2, -0.15) is 5.01 Å². The summed E-state index contributed by atoms with van der Waals surface area (Å²) in [5.74, 6) is 0.261. The van der Waals surface area contributed by atoms with Crippen molar-refractivity contribution in [3.8, 4) is 0 Å². The summed E-state index contributed by atoms with van der Waals surface area (Å²) in [4.78, 5) is 4.65. The minimum absolute atomic E-state index is 0.229. The first-order valence-electron chi connectivity index (χ1n) is 10.1. The maximum absolute atomic E-state index is 13.0. The van der Waals surface area contributed by atoms with Gasteiger partial charge in [-0.15, -0.1) is 0 Å². The maximum atomic E-state index is 13.0. The first-order valence-corrected chi connectivity index (χ1v) is 11.5. The Morgan fingerprint density at radius 1 is 1.10 bits per heavy atom. The molecule has 152 valence electrons. The predicted molar refractivity (Wildman–Crippen MR) is 111 cm³/mol. The minimum Gasteiger partial charge on any atom is -0.376 e. The zero-order valence-electron chi connectivity index (χ0n) is 16.0. The molecule has 2 aliphatic rings. The van der Waals surface area contributed by atoms with Crippen molar-refractivity contribution in [1.82, 2.24) is 14.0 Å². The van der Waals surface area contributed by atoms with E-state index < -0.39 is 16.3 Å². The quantitative estimate of drug-likeness (QED) is 0.684. The van der Waals surface area contributed by atoms with Crippen molar-refractivity contribution in [1.29, 1.82) is 0 Å². The average molecular weight is 413 g/mol. The van der Waals surface area contributed by atoms with Crippen LogP contribution in [-0.2, 0) is 16.6 Å². The Morgan fingerprint density at radius 3 is 2.62 bits per heavy atom. The van der Waals surface area contributed by atoms with Gasteiger partial charge < -0.3 is 10.5 Å². The molecule has 3 heterocycles. The molecule has 1 fully saturated rings. The van der Waals surface area contributed by atoms with Crippen molar-refractivity contribution >= 4 is 26.7 Å². The Kier molecular flexibility index (Phi) is 4.57. The number of aliphatic hydroxyl groups is 1. The van der Waals surface area contributed by atoms with Crippen LogP contribution in [0, 0.1) is 5.92 Å². The summed E-state index contributed by atoms with van der Waals surface area (Å²) in [6.07, 6.45) is 8.29. The van der Waals surface area contributed by atoms with Gasteiger partial charge in [-0.1, -0.05) is 37.5 Å². The maximum Gasteiger partial charge on any atom is 0.269 e. The van der Waals surface area contributed by atoms with Gasteiger partial charge in [-0.25, -0.2) is 17.4 Å². The van der Waals surface area contributed by atoms with Gasteiger partial charge in [0.1, 0.15) is 6.23 Å². The Morgan fingerprint density at radius 2 is 1.86 bits per heavy atom. The number of fused-ring (bicyclic) bond motifs is 3. The number of hydrazine groups is 1. The summed E-state index contributed by atoms with van der Waals surface area (Å²) in [6, 6.07) is 10.2. The van der Waals surface area contributed by atoms with Gasteiger partial charge in [0.15, 0.2) is 5.65 Å². The highest BCUT2D eigenvalue weighted by Crippen LogP contribution is 2.36. The van der Waals surface area contributed by atoms with Crippen LogP contribution in [0.4, 0.5) is 5.69 Å². The van der Waals surface area contributed by atoms with Gasteiger partial charge in [-0.05, 0) is 31.0 Å². The number of rotatable bonds is 4. The first kappa shape index (κ1) is 18.6. The van der Waals surface area contributed by atoms with Crippen LogP contribution in [-0.4, -0.2) is 33.7 Å². The second-order valence-corrected chi connectivity index (χ2v) is 9.68.